The van der Waals surface area contributed by atoms with Crippen molar-refractivity contribution in [3.05, 3.63) is 70.9 Å². The van der Waals surface area contributed by atoms with Crippen LogP contribution in [0.3, 0.4) is 0 Å². The van der Waals surface area contributed by atoms with E-state index >= 15 is 0 Å². The van der Waals surface area contributed by atoms with E-state index in [4.69, 9.17) is 0 Å². The van der Waals surface area contributed by atoms with Gasteiger partial charge in [-0.1, -0.05) is 30.3 Å². The second-order valence-corrected chi connectivity index (χ2v) is 8.34. The molecule has 1 N–H and O–H groups in total. The maximum absolute atomic E-state index is 13.4. The SMILES string of the molecule is CN1CC[C@H]2Cc3[nH]c4ccc(C(F)(F)F)cc4c3C(c3ccccc3)C2C1. The van der Waals surface area contributed by atoms with Crippen LogP contribution in [0.2, 0.25) is 0 Å². The fourth-order valence-corrected chi connectivity index (χ4v) is 5.34. The number of hydrogen-bond donors (Lipinski definition) is 1. The van der Waals surface area contributed by atoms with Gasteiger partial charge in [0.05, 0.1) is 5.56 Å². The molecule has 1 aliphatic heterocycles. The van der Waals surface area contributed by atoms with Gasteiger partial charge in [-0.2, -0.15) is 13.2 Å². The summed E-state index contributed by atoms with van der Waals surface area (Å²) in [6, 6.07) is 14.4. The van der Waals surface area contributed by atoms with E-state index in [0.717, 1.165) is 48.1 Å². The number of nitrogens with one attached hydrogen (secondary N) is 1. The highest BCUT2D eigenvalue weighted by molar-refractivity contribution is 5.87. The van der Waals surface area contributed by atoms with Crippen molar-refractivity contribution in [3.8, 4) is 0 Å². The van der Waals surface area contributed by atoms with E-state index in [1.54, 1.807) is 6.07 Å². The number of benzene rings is 2. The number of aromatic amines is 1. The van der Waals surface area contributed by atoms with Crippen LogP contribution in [0.25, 0.3) is 10.9 Å². The van der Waals surface area contributed by atoms with Gasteiger partial charge < -0.3 is 9.88 Å². The van der Waals surface area contributed by atoms with Crippen LogP contribution in [0.4, 0.5) is 13.2 Å². The summed E-state index contributed by atoms with van der Waals surface area (Å²) in [6.45, 7) is 2.06. The van der Waals surface area contributed by atoms with Gasteiger partial charge in [0.25, 0.3) is 0 Å². The number of hydrogen-bond acceptors (Lipinski definition) is 1. The summed E-state index contributed by atoms with van der Waals surface area (Å²) < 4.78 is 40.1. The van der Waals surface area contributed by atoms with Crippen LogP contribution in [-0.4, -0.2) is 30.0 Å². The van der Waals surface area contributed by atoms with Crippen molar-refractivity contribution >= 4 is 10.9 Å². The molecule has 1 fully saturated rings. The number of H-pyrrole nitrogens is 1. The van der Waals surface area contributed by atoms with E-state index in [0.29, 0.717) is 11.8 Å². The minimum atomic E-state index is -4.33. The van der Waals surface area contributed by atoms with E-state index in [9.17, 15) is 13.2 Å². The molecular formula is C23H23F3N2. The first-order valence-electron chi connectivity index (χ1n) is 9.87. The zero-order valence-corrected chi connectivity index (χ0v) is 15.8. The normalized spacial score (nSPS) is 25.5. The van der Waals surface area contributed by atoms with E-state index in [1.807, 2.05) is 18.2 Å². The molecule has 2 nitrogen and oxygen atoms in total. The number of piperidine rings is 1. The van der Waals surface area contributed by atoms with Gasteiger partial charge in [-0.25, -0.2) is 0 Å². The molecule has 2 aromatic carbocycles. The summed E-state index contributed by atoms with van der Waals surface area (Å²) in [4.78, 5) is 5.82. The molecule has 5 heteroatoms. The van der Waals surface area contributed by atoms with Gasteiger partial charge in [0.1, 0.15) is 0 Å². The molecule has 3 atom stereocenters. The second kappa shape index (κ2) is 6.38. The van der Waals surface area contributed by atoms with Gasteiger partial charge >= 0.3 is 6.18 Å². The fraction of sp³-hybridized carbons (Fsp3) is 0.391. The first-order chi connectivity index (χ1) is 13.4. The standard InChI is InChI=1S/C23H23F3N2/c1-28-10-9-15-11-20-22(21(18(15)13-28)14-5-3-2-4-6-14)17-12-16(23(24,25)26)7-8-19(17)27-20/h2-8,12,15,18,21,27H,9-11,13H2,1H3/t15-,18?,21?/m0/s1. The highest BCUT2D eigenvalue weighted by Gasteiger charge is 2.42. The van der Waals surface area contributed by atoms with Crippen molar-refractivity contribution in [2.24, 2.45) is 11.8 Å². The molecule has 0 spiro atoms. The Morgan fingerprint density at radius 1 is 1.07 bits per heavy atom. The maximum atomic E-state index is 13.4. The zero-order valence-electron chi connectivity index (χ0n) is 15.8. The van der Waals surface area contributed by atoms with E-state index in [-0.39, 0.29) is 5.92 Å². The van der Waals surface area contributed by atoms with E-state index in [1.165, 1.54) is 17.7 Å². The molecule has 2 heterocycles. The molecule has 3 aromatic rings. The van der Waals surface area contributed by atoms with Gasteiger partial charge in [-0.3, -0.25) is 0 Å². The summed E-state index contributed by atoms with van der Waals surface area (Å²) in [5.41, 5.74) is 3.63. The third kappa shape index (κ3) is 2.84. The monoisotopic (exact) mass is 384 g/mol. The first-order valence-corrected chi connectivity index (χ1v) is 9.87. The Bertz CT molecular complexity index is 1010. The van der Waals surface area contributed by atoms with Crippen molar-refractivity contribution in [2.75, 3.05) is 20.1 Å². The summed E-state index contributed by atoms with van der Waals surface area (Å²) in [7, 11) is 2.14. The Morgan fingerprint density at radius 2 is 1.86 bits per heavy atom. The summed E-state index contributed by atoms with van der Waals surface area (Å²) in [5, 5.41) is 0.727. The number of nitrogens with zero attached hydrogens (tertiary/aromatic N) is 1. The van der Waals surface area contributed by atoms with Crippen molar-refractivity contribution in [1.82, 2.24) is 9.88 Å². The highest BCUT2D eigenvalue weighted by atomic mass is 19.4. The number of rotatable bonds is 1. The van der Waals surface area contributed by atoms with Crippen LogP contribution in [0.15, 0.2) is 48.5 Å². The number of alkyl halides is 3. The molecule has 2 aliphatic rings. The Hall–Kier alpha value is -2.27. The molecule has 2 unspecified atom stereocenters. The molecule has 0 amide bonds. The molecule has 1 aliphatic carbocycles. The van der Waals surface area contributed by atoms with Crippen molar-refractivity contribution in [2.45, 2.75) is 24.9 Å². The molecule has 0 radical (unpaired) electrons. The molecule has 1 saturated heterocycles. The summed E-state index contributed by atoms with van der Waals surface area (Å²) in [5.74, 6) is 1.10. The average molecular weight is 384 g/mol. The topological polar surface area (TPSA) is 19.0 Å². The lowest BCUT2D eigenvalue weighted by Crippen LogP contribution is -2.44. The number of likely N-dealkylation sites (tertiary alicyclic amines) is 1. The summed E-state index contributed by atoms with van der Waals surface area (Å²) in [6.07, 6.45) is -2.27. The van der Waals surface area contributed by atoms with Crippen molar-refractivity contribution < 1.29 is 13.2 Å². The lowest BCUT2D eigenvalue weighted by molar-refractivity contribution is -0.137. The van der Waals surface area contributed by atoms with Crippen molar-refractivity contribution in [1.29, 1.82) is 0 Å². The second-order valence-electron chi connectivity index (χ2n) is 8.34. The number of aromatic nitrogens is 1. The maximum Gasteiger partial charge on any atom is 0.416 e. The summed E-state index contributed by atoms with van der Waals surface area (Å²) >= 11 is 0. The zero-order chi connectivity index (χ0) is 19.5. The number of halogens is 3. The van der Waals surface area contributed by atoms with Crippen LogP contribution in [-0.2, 0) is 12.6 Å². The quantitative estimate of drug-likeness (QED) is 0.592. The molecule has 1 aromatic heterocycles. The molecular weight excluding hydrogens is 361 g/mol. The Morgan fingerprint density at radius 3 is 2.61 bits per heavy atom. The highest BCUT2D eigenvalue weighted by Crippen LogP contribution is 2.49. The van der Waals surface area contributed by atoms with Crippen LogP contribution in [0.5, 0.6) is 0 Å². The lowest BCUT2D eigenvalue weighted by atomic mass is 9.65. The van der Waals surface area contributed by atoms with Gasteiger partial charge in [-0.05, 0) is 67.6 Å². The Balaban J connectivity index is 1.73. The van der Waals surface area contributed by atoms with Crippen LogP contribution in [0.1, 0.15) is 34.7 Å². The van der Waals surface area contributed by atoms with Crippen LogP contribution >= 0.6 is 0 Å². The minimum Gasteiger partial charge on any atom is -0.358 e. The van der Waals surface area contributed by atoms with E-state index in [2.05, 4.69) is 29.1 Å². The van der Waals surface area contributed by atoms with Crippen molar-refractivity contribution in [3.63, 3.8) is 0 Å². The molecule has 5 rings (SSSR count). The predicted molar refractivity (Wildman–Crippen MR) is 104 cm³/mol. The third-order valence-corrected chi connectivity index (χ3v) is 6.62. The molecule has 0 bridgehead atoms. The lowest BCUT2D eigenvalue weighted by Gasteiger charge is -2.44. The van der Waals surface area contributed by atoms with Gasteiger partial charge in [0.2, 0.25) is 0 Å². The molecule has 0 saturated carbocycles. The average Bonchev–Trinajstić information content (AvgIpc) is 3.03. The molecule has 146 valence electrons. The first kappa shape index (κ1) is 17.8. The third-order valence-electron chi connectivity index (χ3n) is 6.62. The minimum absolute atomic E-state index is 0.120. The largest absolute Gasteiger partial charge is 0.416 e. The Kier molecular flexibility index (Phi) is 4.05. The van der Waals surface area contributed by atoms with Gasteiger partial charge in [-0.15, -0.1) is 0 Å². The van der Waals surface area contributed by atoms with Crippen LogP contribution < -0.4 is 0 Å². The van der Waals surface area contributed by atoms with Crippen LogP contribution in [0, 0.1) is 11.8 Å². The van der Waals surface area contributed by atoms with Gasteiger partial charge in [0.15, 0.2) is 0 Å². The smallest absolute Gasteiger partial charge is 0.358 e. The fourth-order valence-electron chi connectivity index (χ4n) is 5.34. The molecule has 28 heavy (non-hydrogen) atoms. The number of fused-ring (bicyclic) bond motifs is 4. The van der Waals surface area contributed by atoms with Gasteiger partial charge in [0, 0.05) is 29.1 Å². The predicted octanol–water partition coefficient (Wildman–Crippen LogP) is 5.44. The Labute approximate surface area is 162 Å². The van der Waals surface area contributed by atoms with E-state index < -0.39 is 11.7 Å².